The fraction of sp³-hybridized carbons (Fsp3) is 0.500. The summed E-state index contributed by atoms with van der Waals surface area (Å²) in [5.41, 5.74) is 0.778. The number of benzene rings is 1. The number of methoxy groups -OCH3 is 1. The fourth-order valence-corrected chi connectivity index (χ4v) is 2.91. The van der Waals surface area contributed by atoms with Crippen LogP contribution in [0.4, 0.5) is 5.69 Å². The highest BCUT2D eigenvalue weighted by atomic mass is 16.5. The summed E-state index contributed by atoms with van der Waals surface area (Å²) in [6, 6.07) is 7.55. The molecule has 0 bridgehead atoms. The van der Waals surface area contributed by atoms with E-state index in [9.17, 15) is 4.79 Å². The van der Waals surface area contributed by atoms with Crippen molar-refractivity contribution in [2.24, 2.45) is 17.8 Å². The molecule has 2 unspecified atom stereocenters. The molecule has 0 saturated heterocycles. The van der Waals surface area contributed by atoms with E-state index in [0.29, 0.717) is 0 Å². The van der Waals surface area contributed by atoms with E-state index in [0.717, 1.165) is 36.1 Å². The zero-order valence-corrected chi connectivity index (χ0v) is 9.98. The highest BCUT2D eigenvalue weighted by molar-refractivity contribution is 5.94. The first kappa shape index (κ1) is 10.6. The van der Waals surface area contributed by atoms with Crippen LogP contribution in [-0.2, 0) is 4.79 Å². The number of amides is 1. The summed E-state index contributed by atoms with van der Waals surface area (Å²) in [6.45, 7) is 0. The number of fused-ring (bicyclic) bond motifs is 1. The molecule has 3 rings (SSSR count). The van der Waals surface area contributed by atoms with E-state index >= 15 is 0 Å². The Morgan fingerprint density at radius 1 is 1.24 bits per heavy atom. The highest BCUT2D eigenvalue weighted by Crippen LogP contribution is 2.54. The molecule has 0 aliphatic heterocycles. The Kier molecular flexibility index (Phi) is 2.54. The number of carbonyl (C=O) groups excluding carboxylic acids is 1. The average molecular weight is 231 g/mol. The van der Waals surface area contributed by atoms with E-state index in [1.807, 2.05) is 24.3 Å². The molecule has 2 aliphatic carbocycles. The molecule has 3 heteroatoms. The van der Waals surface area contributed by atoms with Crippen molar-refractivity contribution in [3.05, 3.63) is 24.3 Å². The maximum Gasteiger partial charge on any atom is 0.227 e. The van der Waals surface area contributed by atoms with Crippen molar-refractivity contribution in [1.82, 2.24) is 0 Å². The van der Waals surface area contributed by atoms with Gasteiger partial charge in [0.2, 0.25) is 5.91 Å². The minimum atomic E-state index is 0.154. The van der Waals surface area contributed by atoms with Crippen LogP contribution >= 0.6 is 0 Å². The smallest absolute Gasteiger partial charge is 0.227 e. The number of nitrogens with one attached hydrogen (secondary N) is 1. The monoisotopic (exact) mass is 231 g/mol. The Labute approximate surface area is 101 Å². The van der Waals surface area contributed by atoms with Gasteiger partial charge in [0.15, 0.2) is 0 Å². The van der Waals surface area contributed by atoms with E-state index in [-0.39, 0.29) is 11.8 Å². The van der Waals surface area contributed by atoms with Crippen molar-refractivity contribution < 1.29 is 9.53 Å². The molecule has 2 aliphatic rings. The lowest BCUT2D eigenvalue weighted by Gasteiger charge is -2.14. The quantitative estimate of drug-likeness (QED) is 0.868. The first-order valence-corrected chi connectivity index (χ1v) is 6.22. The Balaban J connectivity index is 1.67. The zero-order chi connectivity index (χ0) is 11.8. The highest BCUT2D eigenvalue weighted by Gasteiger charge is 2.48. The number of hydrogen-bond acceptors (Lipinski definition) is 2. The molecule has 1 aromatic carbocycles. The standard InChI is InChI=1S/C14H17NO2/c1-17-13-5-3-2-4-12(13)15-14(16)11-7-9-6-10(9)8-11/h2-5,9-11H,6-8H2,1H3,(H,15,16). The molecule has 0 heterocycles. The summed E-state index contributed by atoms with van der Waals surface area (Å²) < 4.78 is 5.22. The van der Waals surface area contributed by atoms with Crippen LogP contribution in [0.5, 0.6) is 5.75 Å². The van der Waals surface area contributed by atoms with Crippen molar-refractivity contribution in [3.8, 4) is 5.75 Å². The first-order chi connectivity index (χ1) is 8.28. The normalized spacial score (nSPS) is 29.6. The van der Waals surface area contributed by atoms with Gasteiger partial charge in [-0.3, -0.25) is 4.79 Å². The van der Waals surface area contributed by atoms with Gasteiger partial charge in [0.05, 0.1) is 12.8 Å². The molecule has 3 nitrogen and oxygen atoms in total. The Bertz CT molecular complexity index is 434. The lowest BCUT2D eigenvalue weighted by atomic mass is 10.0. The van der Waals surface area contributed by atoms with Crippen LogP contribution in [0.2, 0.25) is 0 Å². The molecule has 17 heavy (non-hydrogen) atoms. The molecule has 2 fully saturated rings. The van der Waals surface area contributed by atoms with Gasteiger partial charge in [-0.2, -0.15) is 0 Å². The van der Waals surface area contributed by atoms with Gasteiger partial charge in [0, 0.05) is 5.92 Å². The van der Waals surface area contributed by atoms with Crippen LogP contribution in [-0.4, -0.2) is 13.0 Å². The minimum Gasteiger partial charge on any atom is -0.495 e. The van der Waals surface area contributed by atoms with Crippen LogP contribution in [0.25, 0.3) is 0 Å². The van der Waals surface area contributed by atoms with Crippen LogP contribution in [0.1, 0.15) is 19.3 Å². The van der Waals surface area contributed by atoms with Crippen LogP contribution in [0.3, 0.4) is 0 Å². The van der Waals surface area contributed by atoms with E-state index in [4.69, 9.17) is 4.74 Å². The Morgan fingerprint density at radius 3 is 2.65 bits per heavy atom. The lowest BCUT2D eigenvalue weighted by Crippen LogP contribution is -2.21. The molecule has 0 aromatic heterocycles. The molecule has 90 valence electrons. The summed E-state index contributed by atoms with van der Waals surface area (Å²) in [6.07, 6.45) is 3.50. The van der Waals surface area contributed by atoms with Crippen molar-refractivity contribution >= 4 is 11.6 Å². The Morgan fingerprint density at radius 2 is 1.94 bits per heavy atom. The van der Waals surface area contributed by atoms with Crippen LogP contribution in [0.15, 0.2) is 24.3 Å². The van der Waals surface area contributed by atoms with Gasteiger partial charge in [-0.1, -0.05) is 12.1 Å². The van der Waals surface area contributed by atoms with Crippen molar-refractivity contribution in [2.45, 2.75) is 19.3 Å². The predicted molar refractivity (Wildman–Crippen MR) is 65.9 cm³/mol. The summed E-state index contributed by atoms with van der Waals surface area (Å²) in [5, 5.41) is 2.98. The number of hydrogen-bond donors (Lipinski definition) is 1. The van der Waals surface area contributed by atoms with Crippen molar-refractivity contribution in [3.63, 3.8) is 0 Å². The SMILES string of the molecule is COc1ccccc1NC(=O)C1CC2CC2C1. The number of anilines is 1. The molecule has 1 aromatic rings. The largest absolute Gasteiger partial charge is 0.495 e. The van der Waals surface area contributed by atoms with E-state index in [2.05, 4.69) is 5.32 Å². The fourth-order valence-electron chi connectivity index (χ4n) is 2.91. The molecule has 2 atom stereocenters. The van der Waals surface area contributed by atoms with E-state index < -0.39 is 0 Å². The summed E-state index contributed by atoms with van der Waals surface area (Å²) in [7, 11) is 1.62. The van der Waals surface area contributed by atoms with Crippen molar-refractivity contribution in [1.29, 1.82) is 0 Å². The van der Waals surface area contributed by atoms with Crippen LogP contribution < -0.4 is 10.1 Å². The third-order valence-electron chi connectivity index (χ3n) is 3.98. The molecule has 0 radical (unpaired) electrons. The molecule has 1 N–H and O–H groups in total. The topological polar surface area (TPSA) is 38.3 Å². The molecule has 2 saturated carbocycles. The number of para-hydroxylation sites is 2. The van der Waals surface area contributed by atoms with Gasteiger partial charge in [0.1, 0.15) is 5.75 Å². The second-order valence-corrected chi connectivity index (χ2v) is 5.11. The van der Waals surface area contributed by atoms with Crippen LogP contribution in [0, 0.1) is 17.8 Å². The number of rotatable bonds is 3. The maximum absolute atomic E-state index is 12.1. The molecular formula is C14H17NO2. The number of ether oxygens (including phenoxy) is 1. The van der Waals surface area contributed by atoms with Gasteiger partial charge in [-0.05, 0) is 43.2 Å². The number of carbonyl (C=O) groups is 1. The van der Waals surface area contributed by atoms with Gasteiger partial charge >= 0.3 is 0 Å². The predicted octanol–water partition coefficient (Wildman–Crippen LogP) is 2.68. The summed E-state index contributed by atoms with van der Waals surface area (Å²) in [5.74, 6) is 2.77. The first-order valence-electron chi connectivity index (χ1n) is 6.22. The van der Waals surface area contributed by atoms with Gasteiger partial charge in [-0.15, -0.1) is 0 Å². The van der Waals surface area contributed by atoms with Gasteiger partial charge < -0.3 is 10.1 Å². The third-order valence-corrected chi connectivity index (χ3v) is 3.98. The molecular weight excluding hydrogens is 214 g/mol. The van der Waals surface area contributed by atoms with Gasteiger partial charge in [0.25, 0.3) is 0 Å². The second-order valence-electron chi connectivity index (χ2n) is 5.11. The summed E-state index contributed by atoms with van der Waals surface area (Å²) in [4.78, 5) is 12.1. The second kappa shape index (κ2) is 4.06. The summed E-state index contributed by atoms with van der Waals surface area (Å²) >= 11 is 0. The molecule has 1 amide bonds. The van der Waals surface area contributed by atoms with E-state index in [1.54, 1.807) is 7.11 Å². The minimum absolute atomic E-state index is 0.154. The van der Waals surface area contributed by atoms with E-state index in [1.165, 1.54) is 6.42 Å². The Hall–Kier alpha value is -1.51. The average Bonchev–Trinajstić information content (AvgIpc) is 2.96. The third kappa shape index (κ3) is 2.02. The lowest BCUT2D eigenvalue weighted by molar-refractivity contribution is -0.120. The van der Waals surface area contributed by atoms with Gasteiger partial charge in [-0.25, -0.2) is 0 Å². The van der Waals surface area contributed by atoms with Crippen molar-refractivity contribution in [2.75, 3.05) is 12.4 Å². The molecule has 0 spiro atoms. The zero-order valence-electron chi connectivity index (χ0n) is 9.98. The maximum atomic E-state index is 12.1.